The lowest BCUT2D eigenvalue weighted by molar-refractivity contribution is -0.385. The van der Waals surface area contributed by atoms with Crippen LogP contribution >= 0.6 is 0 Å². The van der Waals surface area contributed by atoms with Gasteiger partial charge in [-0.3, -0.25) is 14.9 Å². The van der Waals surface area contributed by atoms with E-state index in [1.54, 1.807) is 0 Å². The number of hydrogen-bond donors (Lipinski definition) is 1. The van der Waals surface area contributed by atoms with Gasteiger partial charge in [-0.05, 0) is 18.9 Å². The van der Waals surface area contributed by atoms with Crippen molar-refractivity contribution in [3.05, 3.63) is 39.2 Å². The van der Waals surface area contributed by atoms with Crippen molar-refractivity contribution in [3.63, 3.8) is 0 Å². The largest absolute Gasteiger partial charge is 0.352 e. The molecule has 1 amide bonds. The molecule has 0 saturated carbocycles. The average molecular weight is 264 g/mol. The highest BCUT2D eigenvalue weighted by molar-refractivity contribution is 5.95. The summed E-state index contributed by atoms with van der Waals surface area (Å²) in [5.41, 5.74) is -0.581. The van der Waals surface area contributed by atoms with Gasteiger partial charge in [-0.1, -0.05) is 0 Å². The fourth-order valence-electron chi connectivity index (χ4n) is 1.51. The number of aryl methyl sites for hydroxylation is 1. The van der Waals surface area contributed by atoms with Crippen LogP contribution in [0.1, 0.15) is 28.8 Å². The van der Waals surface area contributed by atoms with Crippen LogP contribution in [0.25, 0.3) is 0 Å². The molecule has 0 aliphatic heterocycles. The number of nitro groups is 1. The zero-order valence-electron chi connectivity index (χ0n) is 10.4. The molecule has 0 atom stereocenters. The lowest BCUT2D eigenvalue weighted by Crippen LogP contribution is -2.25. The molecule has 0 bridgehead atoms. The molecule has 0 unspecified atom stereocenters. The third-order valence-electron chi connectivity index (χ3n) is 2.48. The molecule has 5 nitrogen and oxygen atoms in total. The molecular weight excluding hydrogens is 251 g/mol. The van der Waals surface area contributed by atoms with Crippen LogP contribution in [0, 0.1) is 35.2 Å². The highest BCUT2D eigenvalue weighted by Gasteiger charge is 2.19. The van der Waals surface area contributed by atoms with E-state index < -0.39 is 16.6 Å². The second-order valence-electron chi connectivity index (χ2n) is 3.94. The summed E-state index contributed by atoms with van der Waals surface area (Å²) in [6.07, 6.45) is 6.12. The third kappa shape index (κ3) is 3.78. The van der Waals surface area contributed by atoms with Crippen molar-refractivity contribution in [1.29, 1.82) is 0 Å². The van der Waals surface area contributed by atoms with Gasteiger partial charge in [-0.25, -0.2) is 4.39 Å². The van der Waals surface area contributed by atoms with E-state index in [1.165, 1.54) is 6.92 Å². The Morgan fingerprint density at radius 2 is 2.26 bits per heavy atom. The number of nitrogens with one attached hydrogen (secondary N) is 1. The summed E-state index contributed by atoms with van der Waals surface area (Å²) in [7, 11) is 0. The molecule has 0 aromatic heterocycles. The van der Waals surface area contributed by atoms with E-state index in [2.05, 4.69) is 11.2 Å². The van der Waals surface area contributed by atoms with Gasteiger partial charge < -0.3 is 5.32 Å². The number of rotatable bonds is 5. The molecular formula is C13H13FN2O3. The van der Waals surface area contributed by atoms with Crippen molar-refractivity contribution < 1.29 is 14.1 Å². The molecule has 0 fully saturated rings. The Kier molecular flexibility index (Phi) is 5.01. The Hall–Kier alpha value is -2.42. The summed E-state index contributed by atoms with van der Waals surface area (Å²) in [5.74, 6) is 0.982. The monoisotopic (exact) mass is 264 g/mol. The Morgan fingerprint density at radius 3 is 2.84 bits per heavy atom. The fraction of sp³-hybridized carbons (Fsp3) is 0.308. The first-order valence-corrected chi connectivity index (χ1v) is 5.63. The summed E-state index contributed by atoms with van der Waals surface area (Å²) >= 11 is 0. The van der Waals surface area contributed by atoms with Crippen LogP contribution in [0.3, 0.4) is 0 Å². The molecule has 0 spiro atoms. The van der Waals surface area contributed by atoms with Crippen LogP contribution in [0.4, 0.5) is 10.1 Å². The molecule has 100 valence electrons. The number of benzene rings is 1. The molecule has 0 aliphatic rings. The first-order chi connectivity index (χ1) is 8.97. The van der Waals surface area contributed by atoms with E-state index in [0.29, 0.717) is 19.4 Å². The number of unbranched alkanes of at least 4 members (excludes halogenated alkanes) is 1. The number of hydrogen-bond acceptors (Lipinski definition) is 3. The molecule has 19 heavy (non-hydrogen) atoms. The molecule has 1 aromatic rings. The summed E-state index contributed by atoms with van der Waals surface area (Å²) in [6.45, 7) is 1.67. The second-order valence-corrected chi connectivity index (χ2v) is 3.94. The lowest BCUT2D eigenvalue weighted by atomic mass is 10.1. The quantitative estimate of drug-likeness (QED) is 0.383. The predicted octanol–water partition coefficient (Wildman–Crippen LogP) is 2.19. The summed E-state index contributed by atoms with van der Waals surface area (Å²) in [6, 6.07) is 2.02. The number of carbonyl (C=O) groups is 1. The maximum Gasteiger partial charge on any atom is 0.270 e. The van der Waals surface area contributed by atoms with E-state index >= 15 is 0 Å². The molecule has 0 radical (unpaired) electrons. The highest BCUT2D eigenvalue weighted by atomic mass is 19.1. The molecule has 1 N–H and O–H groups in total. The number of carbonyl (C=O) groups excluding carboxylic acids is 1. The van der Waals surface area contributed by atoms with Crippen LogP contribution in [0.2, 0.25) is 0 Å². The minimum Gasteiger partial charge on any atom is -0.352 e. The van der Waals surface area contributed by atoms with Crippen molar-refractivity contribution in [2.45, 2.75) is 19.8 Å². The van der Waals surface area contributed by atoms with Crippen LogP contribution in [0.15, 0.2) is 12.1 Å². The Balaban J connectivity index is 2.90. The molecule has 6 heteroatoms. The van der Waals surface area contributed by atoms with Gasteiger partial charge in [0.1, 0.15) is 5.82 Å². The molecule has 1 rings (SSSR count). The standard InChI is InChI=1S/C13H13FN2O3/c1-3-4-5-6-15-13(17)11-8-10(16(18)19)7-9(2)12(11)14/h1,7-8H,4-6H2,2H3,(H,15,17). The van der Waals surface area contributed by atoms with Gasteiger partial charge in [0.25, 0.3) is 11.6 Å². The van der Waals surface area contributed by atoms with Crippen LogP contribution in [-0.4, -0.2) is 17.4 Å². The lowest BCUT2D eigenvalue weighted by Gasteiger charge is -2.07. The Morgan fingerprint density at radius 1 is 1.58 bits per heavy atom. The maximum atomic E-state index is 13.8. The van der Waals surface area contributed by atoms with Crippen molar-refractivity contribution in [2.24, 2.45) is 0 Å². The van der Waals surface area contributed by atoms with Crippen molar-refractivity contribution in [2.75, 3.05) is 6.54 Å². The fourth-order valence-corrected chi connectivity index (χ4v) is 1.51. The van der Waals surface area contributed by atoms with Crippen LogP contribution in [-0.2, 0) is 0 Å². The zero-order chi connectivity index (χ0) is 14.4. The Bertz CT molecular complexity index is 550. The van der Waals surface area contributed by atoms with Gasteiger partial charge in [0.15, 0.2) is 0 Å². The highest BCUT2D eigenvalue weighted by Crippen LogP contribution is 2.20. The van der Waals surface area contributed by atoms with E-state index in [-0.39, 0.29) is 16.8 Å². The number of halogens is 1. The van der Waals surface area contributed by atoms with Crippen molar-refractivity contribution in [3.8, 4) is 12.3 Å². The normalized spacial score (nSPS) is 9.74. The number of nitrogens with zero attached hydrogens (tertiary/aromatic N) is 1. The number of nitro benzene ring substituents is 1. The van der Waals surface area contributed by atoms with Gasteiger partial charge in [0.05, 0.1) is 10.5 Å². The zero-order valence-corrected chi connectivity index (χ0v) is 10.4. The number of amides is 1. The minimum atomic E-state index is -0.750. The van der Waals surface area contributed by atoms with Crippen molar-refractivity contribution >= 4 is 11.6 Å². The Labute approximate surface area is 110 Å². The second kappa shape index (κ2) is 6.50. The van der Waals surface area contributed by atoms with Gasteiger partial charge in [-0.15, -0.1) is 12.3 Å². The molecule has 0 heterocycles. The SMILES string of the molecule is C#CCCCNC(=O)c1cc([N+](=O)[O-])cc(C)c1F. The average Bonchev–Trinajstić information content (AvgIpc) is 2.37. The van der Waals surface area contributed by atoms with Gasteiger partial charge >= 0.3 is 0 Å². The van der Waals surface area contributed by atoms with Crippen LogP contribution in [0.5, 0.6) is 0 Å². The third-order valence-corrected chi connectivity index (χ3v) is 2.48. The van der Waals surface area contributed by atoms with Crippen molar-refractivity contribution in [1.82, 2.24) is 5.32 Å². The number of terminal acetylenes is 1. The van der Waals surface area contributed by atoms with Gasteiger partial charge in [0.2, 0.25) is 0 Å². The van der Waals surface area contributed by atoms with Crippen LogP contribution < -0.4 is 5.32 Å². The first kappa shape index (κ1) is 14.6. The molecule has 0 saturated heterocycles. The first-order valence-electron chi connectivity index (χ1n) is 5.63. The van der Waals surface area contributed by atoms with E-state index in [4.69, 9.17) is 6.42 Å². The summed E-state index contributed by atoms with van der Waals surface area (Å²) in [5, 5.41) is 13.1. The maximum absolute atomic E-state index is 13.8. The summed E-state index contributed by atoms with van der Waals surface area (Å²) < 4.78 is 13.8. The topological polar surface area (TPSA) is 72.2 Å². The summed E-state index contributed by atoms with van der Waals surface area (Å²) in [4.78, 5) is 21.7. The van der Waals surface area contributed by atoms with E-state index in [1.807, 2.05) is 0 Å². The molecule has 0 aliphatic carbocycles. The predicted molar refractivity (Wildman–Crippen MR) is 68.2 cm³/mol. The number of non-ortho nitro benzene ring substituents is 1. The van der Waals surface area contributed by atoms with Gasteiger partial charge in [-0.2, -0.15) is 0 Å². The van der Waals surface area contributed by atoms with E-state index in [9.17, 15) is 19.3 Å². The smallest absolute Gasteiger partial charge is 0.270 e. The minimum absolute atomic E-state index is 0.0583. The molecule has 1 aromatic carbocycles. The van der Waals surface area contributed by atoms with E-state index in [0.717, 1.165) is 12.1 Å². The van der Waals surface area contributed by atoms with Gasteiger partial charge in [0, 0.05) is 25.1 Å².